The maximum atomic E-state index is 11.1. The van der Waals surface area contributed by atoms with E-state index in [1.807, 2.05) is 6.92 Å². The molecule has 0 spiro atoms. The molecule has 1 rings (SSSR count). The van der Waals surface area contributed by atoms with E-state index in [2.05, 4.69) is 21.8 Å². The lowest BCUT2D eigenvalue weighted by atomic mass is 10.1. The van der Waals surface area contributed by atoms with Crippen LogP contribution in [0.4, 0.5) is 0 Å². The topological polar surface area (TPSA) is 72.0 Å². The molecule has 1 N–H and O–H groups in total. The summed E-state index contributed by atoms with van der Waals surface area (Å²) in [5.41, 5.74) is 1.02. The normalized spacial score (nSPS) is 13.7. The van der Waals surface area contributed by atoms with Crippen molar-refractivity contribution in [1.82, 2.24) is 14.9 Å². The average molecular weight is 291 g/mol. The van der Waals surface area contributed by atoms with Crippen LogP contribution in [0.3, 0.4) is 0 Å². The van der Waals surface area contributed by atoms with E-state index in [1.54, 1.807) is 0 Å². The van der Waals surface area contributed by atoms with Crippen LogP contribution in [-0.2, 0) is 16.3 Å². The summed E-state index contributed by atoms with van der Waals surface area (Å²) in [7, 11) is -2.87. The highest BCUT2D eigenvalue weighted by Crippen LogP contribution is 2.25. The van der Waals surface area contributed by atoms with E-state index < -0.39 is 9.84 Å². The molecule has 0 aliphatic carbocycles. The molecule has 0 amide bonds. The van der Waals surface area contributed by atoms with Crippen LogP contribution >= 0.6 is 11.5 Å². The molecule has 5 nitrogen and oxygen atoms in total. The van der Waals surface area contributed by atoms with Crippen molar-refractivity contribution in [1.29, 1.82) is 0 Å². The molecule has 0 radical (unpaired) electrons. The quantitative estimate of drug-likeness (QED) is 0.787. The van der Waals surface area contributed by atoms with Crippen LogP contribution in [-0.4, -0.2) is 36.6 Å². The maximum absolute atomic E-state index is 11.1. The number of nitrogens with one attached hydrogen (secondary N) is 1. The summed E-state index contributed by atoms with van der Waals surface area (Å²) in [4.78, 5) is 1.15. The van der Waals surface area contributed by atoms with Crippen molar-refractivity contribution in [2.75, 3.05) is 18.6 Å². The fourth-order valence-electron chi connectivity index (χ4n) is 1.85. The number of rotatable bonds is 8. The van der Waals surface area contributed by atoms with E-state index in [-0.39, 0.29) is 11.8 Å². The van der Waals surface area contributed by atoms with E-state index in [9.17, 15) is 8.42 Å². The predicted molar refractivity (Wildman–Crippen MR) is 74.6 cm³/mol. The zero-order chi connectivity index (χ0) is 13.6. The highest BCUT2D eigenvalue weighted by Gasteiger charge is 2.18. The molecule has 7 heteroatoms. The highest BCUT2D eigenvalue weighted by molar-refractivity contribution is 7.90. The molecule has 1 heterocycles. The van der Waals surface area contributed by atoms with Gasteiger partial charge in [0.25, 0.3) is 0 Å². The molecule has 1 atom stereocenters. The van der Waals surface area contributed by atoms with E-state index in [0.717, 1.165) is 30.0 Å². The molecular formula is C11H21N3O2S2. The zero-order valence-electron chi connectivity index (χ0n) is 11.1. The van der Waals surface area contributed by atoms with Crippen molar-refractivity contribution in [3.05, 3.63) is 10.6 Å². The number of aryl methyl sites for hydroxylation is 1. The highest BCUT2D eigenvalue weighted by atomic mass is 32.2. The SMILES string of the molecule is CCNC(CCCS(C)(=O)=O)c1snnc1CC. The van der Waals surface area contributed by atoms with Crippen molar-refractivity contribution < 1.29 is 8.42 Å². The Kier molecular flexibility index (Phi) is 6.17. The van der Waals surface area contributed by atoms with Crippen LogP contribution in [0.25, 0.3) is 0 Å². The third-order valence-corrected chi connectivity index (χ3v) is 4.61. The van der Waals surface area contributed by atoms with Gasteiger partial charge in [-0.05, 0) is 37.3 Å². The molecule has 0 aromatic carbocycles. The number of sulfone groups is 1. The molecule has 1 aromatic rings. The predicted octanol–water partition coefficient (Wildman–Crippen LogP) is 1.58. The number of hydrogen-bond donors (Lipinski definition) is 1. The Bertz CT molecular complexity index is 457. The van der Waals surface area contributed by atoms with Gasteiger partial charge in [0.2, 0.25) is 0 Å². The smallest absolute Gasteiger partial charge is 0.147 e. The van der Waals surface area contributed by atoms with Crippen LogP contribution in [0, 0.1) is 0 Å². The minimum Gasteiger partial charge on any atom is -0.309 e. The summed E-state index contributed by atoms with van der Waals surface area (Å²) in [6.07, 6.45) is 3.61. The Morgan fingerprint density at radius 2 is 2.11 bits per heavy atom. The molecule has 0 bridgehead atoms. The minimum absolute atomic E-state index is 0.173. The van der Waals surface area contributed by atoms with E-state index in [0.29, 0.717) is 6.42 Å². The minimum atomic E-state index is -2.87. The van der Waals surface area contributed by atoms with Crippen LogP contribution in [0.2, 0.25) is 0 Å². The van der Waals surface area contributed by atoms with Crippen molar-refractivity contribution in [2.24, 2.45) is 0 Å². The van der Waals surface area contributed by atoms with Gasteiger partial charge >= 0.3 is 0 Å². The van der Waals surface area contributed by atoms with E-state index in [1.165, 1.54) is 17.8 Å². The molecule has 1 unspecified atom stereocenters. The lowest BCUT2D eigenvalue weighted by molar-refractivity contribution is 0.510. The molecule has 0 aliphatic rings. The summed E-state index contributed by atoms with van der Waals surface area (Å²) in [5, 5.41) is 7.49. The second-order valence-corrected chi connectivity index (χ2v) is 7.37. The standard InChI is InChI=1S/C11H21N3O2S2/c1-4-9-11(17-14-13-9)10(12-5-2)7-6-8-18(3,15)16/h10,12H,4-8H2,1-3H3. The van der Waals surface area contributed by atoms with Gasteiger partial charge in [0.05, 0.1) is 10.6 Å². The summed E-state index contributed by atoms with van der Waals surface area (Å²) >= 11 is 1.41. The Labute approximate surface area is 113 Å². The van der Waals surface area contributed by atoms with E-state index in [4.69, 9.17) is 0 Å². The van der Waals surface area contributed by atoms with Crippen molar-refractivity contribution in [3.63, 3.8) is 0 Å². The first-order valence-electron chi connectivity index (χ1n) is 6.20. The molecule has 0 saturated heterocycles. The second-order valence-electron chi connectivity index (χ2n) is 4.32. The maximum Gasteiger partial charge on any atom is 0.147 e. The van der Waals surface area contributed by atoms with Crippen LogP contribution < -0.4 is 5.32 Å². The van der Waals surface area contributed by atoms with Crippen molar-refractivity contribution >= 4 is 21.4 Å². The third kappa shape index (κ3) is 4.99. The average Bonchev–Trinajstić information content (AvgIpc) is 2.74. The van der Waals surface area contributed by atoms with Gasteiger partial charge in [0, 0.05) is 18.1 Å². The monoisotopic (exact) mass is 291 g/mol. The van der Waals surface area contributed by atoms with Crippen molar-refractivity contribution in [3.8, 4) is 0 Å². The molecule has 0 saturated carbocycles. The Morgan fingerprint density at radius 1 is 1.39 bits per heavy atom. The lowest BCUT2D eigenvalue weighted by Crippen LogP contribution is -2.22. The number of aromatic nitrogens is 2. The molecular weight excluding hydrogens is 270 g/mol. The Hall–Kier alpha value is -0.530. The third-order valence-electron chi connectivity index (χ3n) is 2.69. The van der Waals surface area contributed by atoms with Crippen molar-refractivity contribution in [2.45, 2.75) is 39.2 Å². The first-order chi connectivity index (χ1) is 8.48. The molecule has 1 aromatic heterocycles. The summed E-state index contributed by atoms with van der Waals surface area (Å²) in [6, 6.07) is 0.173. The summed E-state index contributed by atoms with van der Waals surface area (Å²) in [5.74, 6) is 0.239. The number of hydrogen-bond acceptors (Lipinski definition) is 6. The molecule has 0 aliphatic heterocycles. The largest absolute Gasteiger partial charge is 0.309 e. The van der Waals surface area contributed by atoms with Gasteiger partial charge in [0.1, 0.15) is 9.84 Å². The van der Waals surface area contributed by atoms with E-state index >= 15 is 0 Å². The van der Waals surface area contributed by atoms with Gasteiger partial charge in [-0.3, -0.25) is 0 Å². The van der Waals surface area contributed by atoms with Gasteiger partial charge in [-0.2, -0.15) is 0 Å². The zero-order valence-corrected chi connectivity index (χ0v) is 12.8. The molecule has 104 valence electrons. The molecule has 0 fully saturated rings. The summed E-state index contributed by atoms with van der Waals surface area (Å²) in [6.45, 7) is 4.95. The summed E-state index contributed by atoms with van der Waals surface area (Å²) < 4.78 is 26.3. The fraction of sp³-hybridized carbons (Fsp3) is 0.818. The Morgan fingerprint density at radius 3 is 2.67 bits per heavy atom. The first kappa shape index (κ1) is 15.5. The molecule has 18 heavy (non-hydrogen) atoms. The van der Waals surface area contributed by atoms with Gasteiger partial charge in [-0.25, -0.2) is 8.42 Å². The van der Waals surface area contributed by atoms with Gasteiger partial charge in [0.15, 0.2) is 0 Å². The van der Waals surface area contributed by atoms with Crippen LogP contribution in [0.5, 0.6) is 0 Å². The van der Waals surface area contributed by atoms with Gasteiger partial charge in [-0.1, -0.05) is 18.3 Å². The lowest BCUT2D eigenvalue weighted by Gasteiger charge is -2.16. The number of nitrogens with zero attached hydrogens (tertiary/aromatic N) is 2. The van der Waals surface area contributed by atoms with Crippen LogP contribution in [0.15, 0.2) is 0 Å². The second kappa shape index (κ2) is 7.16. The Balaban J connectivity index is 2.65. The first-order valence-corrected chi connectivity index (χ1v) is 9.03. The van der Waals surface area contributed by atoms with Crippen LogP contribution in [0.1, 0.15) is 43.3 Å². The fourth-order valence-corrected chi connectivity index (χ4v) is 3.38. The van der Waals surface area contributed by atoms with Gasteiger partial charge in [-0.15, -0.1) is 5.10 Å². The van der Waals surface area contributed by atoms with Gasteiger partial charge < -0.3 is 5.32 Å².